The van der Waals surface area contributed by atoms with Crippen molar-refractivity contribution in [1.29, 1.82) is 0 Å². The monoisotopic (exact) mass is 265 g/mol. The summed E-state index contributed by atoms with van der Waals surface area (Å²) < 4.78 is 6.63. The van der Waals surface area contributed by atoms with Crippen LogP contribution in [0.5, 0.6) is 0 Å². The SMILES string of the molecule is Cc1cc(Cn2c(C3CC3)nc(Cl)cc2=O)no1. The molecular formula is C12H12ClN3O2. The lowest BCUT2D eigenvalue weighted by atomic mass is 10.3. The molecule has 0 saturated heterocycles. The molecule has 1 saturated carbocycles. The van der Waals surface area contributed by atoms with Crippen LogP contribution in [0.1, 0.15) is 36.0 Å². The van der Waals surface area contributed by atoms with E-state index in [9.17, 15) is 4.79 Å². The molecule has 0 aromatic carbocycles. The van der Waals surface area contributed by atoms with Crippen molar-refractivity contribution in [3.05, 3.63) is 44.9 Å². The van der Waals surface area contributed by atoms with Gasteiger partial charge in [-0.3, -0.25) is 9.36 Å². The molecule has 0 atom stereocenters. The van der Waals surface area contributed by atoms with Gasteiger partial charge in [0.1, 0.15) is 22.4 Å². The van der Waals surface area contributed by atoms with Gasteiger partial charge in [0.2, 0.25) is 0 Å². The van der Waals surface area contributed by atoms with Crippen LogP contribution >= 0.6 is 11.6 Å². The summed E-state index contributed by atoms with van der Waals surface area (Å²) in [5, 5.41) is 4.16. The number of rotatable bonds is 3. The largest absolute Gasteiger partial charge is 0.361 e. The molecule has 0 bridgehead atoms. The molecule has 0 amide bonds. The van der Waals surface area contributed by atoms with E-state index in [1.54, 1.807) is 4.57 Å². The zero-order chi connectivity index (χ0) is 12.7. The molecule has 6 heteroatoms. The van der Waals surface area contributed by atoms with Gasteiger partial charge < -0.3 is 4.52 Å². The van der Waals surface area contributed by atoms with Gasteiger partial charge in [0.15, 0.2) is 0 Å². The Balaban J connectivity index is 2.02. The summed E-state index contributed by atoms with van der Waals surface area (Å²) in [6, 6.07) is 3.15. The maximum Gasteiger partial charge on any atom is 0.255 e. The highest BCUT2D eigenvalue weighted by Crippen LogP contribution is 2.38. The Morgan fingerprint density at radius 2 is 2.28 bits per heavy atom. The molecule has 0 spiro atoms. The molecule has 2 aromatic rings. The third-order valence-electron chi connectivity index (χ3n) is 2.95. The molecule has 2 heterocycles. The van der Waals surface area contributed by atoms with Gasteiger partial charge in [0.25, 0.3) is 5.56 Å². The van der Waals surface area contributed by atoms with E-state index in [0.717, 1.165) is 30.1 Å². The van der Waals surface area contributed by atoms with Crippen LogP contribution < -0.4 is 5.56 Å². The van der Waals surface area contributed by atoms with Crippen molar-refractivity contribution in [2.75, 3.05) is 0 Å². The van der Waals surface area contributed by atoms with Crippen molar-refractivity contribution in [2.24, 2.45) is 0 Å². The second-order valence-corrected chi connectivity index (χ2v) is 4.95. The maximum atomic E-state index is 12.0. The predicted molar refractivity (Wildman–Crippen MR) is 65.8 cm³/mol. The average Bonchev–Trinajstić information content (AvgIpc) is 3.06. The third-order valence-corrected chi connectivity index (χ3v) is 3.14. The van der Waals surface area contributed by atoms with E-state index in [-0.39, 0.29) is 10.7 Å². The van der Waals surface area contributed by atoms with E-state index in [0.29, 0.717) is 12.5 Å². The lowest BCUT2D eigenvalue weighted by molar-refractivity contribution is 0.388. The van der Waals surface area contributed by atoms with Crippen molar-refractivity contribution in [3.63, 3.8) is 0 Å². The third kappa shape index (κ3) is 2.18. The normalized spacial score (nSPS) is 15.0. The lowest BCUT2D eigenvalue weighted by Gasteiger charge is -2.09. The van der Waals surface area contributed by atoms with Crippen LogP contribution in [-0.4, -0.2) is 14.7 Å². The van der Waals surface area contributed by atoms with E-state index < -0.39 is 0 Å². The van der Waals surface area contributed by atoms with Gasteiger partial charge >= 0.3 is 0 Å². The van der Waals surface area contributed by atoms with Crippen LogP contribution in [-0.2, 0) is 6.54 Å². The minimum Gasteiger partial charge on any atom is -0.361 e. The Kier molecular flexibility index (Phi) is 2.70. The molecule has 0 radical (unpaired) electrons. The van der Waals surface area contributed by atoms with Crippen molar-refractivity contribution in [3.8, 4) is 0 Å². The highest BCUT2D eigenvalue weighted by molar-refractivity contribution is 6.29. The van der Waals surface area contributed by atoms with Gasteiger partial charge in [-0.05, 0) is 19.8 Å². The van der Waals surface area contributed by atoms with E-state index in [4.69, 9.17) is 16.1 Å². The molecule has 5 nitrogen and oxygen atoms in total. The standard InChI is InChI=1S/C12H12ClN3O2/c1-7-4-9(15-18-7)6-16-11(17)5-10(13)14-12(16)8-2-3-8/h4-5,8H,2-3,6H2,1H3. The van der Waals surface area contributed by atoms with E-state index >= 15 is 0 Å². The van der Waals surface area contributed by atoms with Crippen molar-refractivity contribution < 1.29 is 4.52 Å². The molecule has 0 unspecified atom stereocenters. The van der Waals surface area contributed by atoms with Crippen LogP contribution in [0, 0.1) is 6.92 Å². The molecule has 18 heavy (non-hydrogen) atoms. The molecular weight excluding hydrogens is 254 g/mol. The summed E-state index contributed by atoms with van der Waals surface area (Å²) in [5.74, 6) is 1.84. The Hall–Kier alpha value is -1.62. The smallest absolute Gasteiger partial charge is 0.255 e. The van der Waals surface area contributed by atoms with Crippen LogP contribution in [0.2, 0.25) is 5.15 Å². The van der Waals surface area contributed by atoms with Crippen molar-refractivity contribution in [2.45, 2.75) is 32.2 Å². The lowest BCUT2D eigenvalue weighted by Crippen LogP contribution is -2.24. The van der Waals surface area contributed by atoms with Crippen molar-refractivity contribution >= 4 is 11.6 Å². The topological polar surface area (TPSA) is 60.9 Å². The Labute approximate surface area is 108 Å². The summed E-state index contributed by atoms with van der Waals surface area (Å²) in [6.07, 6.45) is 2.12. The quantitative estimate of drug-likeness (QED) is 0.798. The summed E-state index contributed by atoms with van der Waals surface area (Å²) >= 11 is 5.84. The average molecular weight is 266 g/mol. The fourth-order valence-corrected chi connectivity index (χ4v) is 2.14. The summed E-state index contributed by atoms with van der Waals surface area (Å²) in [7, 11) is 0. The Bertz CT molecular complexity index is 643. The summed E-state index contributed by atoms with van der Waals surface area (Å²) in [6.45, 7) is 2.20. The van der Waals surface area contributed by atoms with Gasteiger partial charge in [0, 0.05) is 18.1 Å². The maximum absolute atomic E-state index is 12.0. The van der Waals surface area contributed by atoms with Crippen molar-refractivity contribution in [1.82, 2.24) is 14.7 Å². The Morgan fingerprint density at radius 1 is 1.50 bits per heavy atom. The molecule has 0 aliphatic heterocycles. The first-order valence-electron chi connectivity index (χ1n) is 5.83. The fourth-order valence-electron chi connectivity index (χ4n) is 1.96. The van der Waals surface area contributed by atoms with Crippen LogP contribution in [0.4, 0.5) is 0 Å². The first kappa shape index (κ1) is 11.5. The zero-order valence-corrected chi connectivity index (χ0v) is 10.6. The molecule has 94 valence electrons. The molecule has 1 fully saturated rings. The van der Waals surface area contributed by atoms with Gasteiger partial charge in [-0.1, -0.05) is 16.8 Å². The van der Waals surface area contributed by atoms with Gasteiger partial charge in [-0.15, -0.1) is 0 Å². The molecule has 2 aromatic heterocycles. The molecule has 3 rings (SSSR count). The summed E-state index contributed by atoms with van der Waals surface area (Å²) in [4.78, 5) is 16.3. The zero-order valence-electron chi connectivity index (χ0n) is 9.89. The second kappa shape index (κ2) is 4.24. The molecule has 1 aliphatic carbocycles. The van der Waals surface area contributed by atoms with Crippen LogP contribution in [0.3, 0.4) is 0 Å². The number of aryl methyl sites for hydroxylation is 1. The minimum atomic E-state index is -0.141. The number of hydrogen-bond donors (Lipinski definition) is 0. The van der Waals surface area contributed by atoms with Crippen LogP contribution in [0.25, 0.3) is 0 Å². The fraction of sp³-hybridized carbons (Fsp3) is 0.417. The number of aromatic nitrogens is 3. The highest BCUT2D eigenvalue weighted by atomic mass is 35.5. The van der Waals surface area contributed by atoms with Gasteiger partial charge in [-0.2, -0.15) is 0 Å². The highest BCUT2D eigenvalue weighted by Gasteiger charge is 2.29. The second-order valence-electron chi connectivity index (χ2n) is 4.56. The predicted octanol–water partition coefficient (Wildman–Crippen LogP) is 2.12. The minimum absolute atomic E-state index is 0.141. The Morgan fingerprint density at radius 3 is 2.89 bits per heavy atom. The van der Waals surface area contributed by atoms with E-state index in [1.807, 2.05) is 13.0 Å². The molecule has 0 N–H and O–H groups in total. The number of hydrogen-bond acceptors (Lipinski definition) is 4. The molecule has 1 aliphatic rings. The first-order chi connectivity index (χ1) is 8.63. The number of nitrogens with zero attached hydrogens (tertiary/aromatic N) is 3. The van der Waals surface area contributed by atoms with Crippen LogP contribution in [0.15, 0.2) is 21.5 Å². The van der Waals surface area contributed by atoms with Gasteiger partial charge in [-0.25, -0.2) is 4.98 Å². The van der Waals surface area contributed by atoms with E-state index in [1.165, 1.54) is 6.07 Å². The first-order valence-corrected chi connectivity index (χ1v) is 6.21. The summed E-state index contributed by atoms with van der Waals surface area (Å²) in [5.41, 5.74) is 0.582. The van der Waals surface area contributed by atoms with E-state index in [2.05, 4.69) is 10.1 Å². The van der Waals surface area contributed by atoms with Gasteiger partial charge in [0.05, 0.1) is 6.54 Å². The number of halogens is 1.